The molecule has 3 aromatic carbocycles. The number of nitrogens with zero attached hydrogens (tertiary/aromatic N) is 3. The molecule has 1 saturated carbocycles. The Bertz CT molecular complexity index is 1580. The third kappa shape index (κ3) is 5.67. The molecule has 1 heterocycles. The second-order valence-electron chi connectivity index (χ2n) is 11.5. The van der Waals surface area contributed by atoms with Crippen LogP contribution in [0.2, 0.25) is 0 Å². The van der Waals surface area contributed by atoms with Crippen LogP contribution in [0.3, 0.4) is 0 Å². The maximum Gasteiger partial charge on any atom is 0.252 e. The van der Waals surface area contributed by atoms with Gasteiger partial charge in [0.05, 0.1) is 11.3 Å². The number of hydrogen-bond acceptors (Lipinski definition) is 6. The quantitative estimate of drug-likeness (QED) is 0.278. The largest absolute Gasteiger partial charge is 0.362 e. The van der Waals surface area contributed by atoms with Crippen molar-refractivity contribution in [2.45, 2.75) is 63.5 Å². The number of aromatic nitrogens is 2. The first-order chi connectivity index (χ1) is 20.0. The van der Waals surface area contributed by atoms with Crippen LogP contribution in [0.15, 0.2) is 66.7 Å². The molecular formula is C34H37N5O2. The van der Waals surface area contributed by atoms with E-state index < -0.39 is 0 Å². The molecular weight excluding hydrogens is 510 g/mol. The molecule has 0 aliphatic heterocycles. The Hall–Kier alpha value is -4.26. The van der Waals surface area contributed by atoms with Crippen LogP contribution in [0.5, 0.6) is 0 Å². The third-order valence-corrected chi connectivity index (χ3v) is 8.43. The van der Waals surface area contributed by atoms with Crippen molar-refractivity contribution in [2.75, 3.05) is 24.3 Å². The lowest BCUT2D eigenvalue weighted by Crippen LogP contribution is -2.40. The summed E-state index contributed by atoms with van der Waals surface area (Å²) >= 11 is 0. The highest BCUT2D eigenvalue weighted by molar-refractivity contribution is 6.20. The number of fused-ring (bicyclic) bond motifs is 2. The second-order valence-corrected chi connectivity index (χ2v) is 11.5. The Labute approximate surface area is 241 Å². The van der Waals surface area contributed by atoms with E-state index in [4.69, 9.17) is 9.97 Å². The first kappa shape index (κ1) is 26.9. The molecule has 0 atom stereocenters. The molecule has 0 saturated heterocycles. The zero-order valence-corrected chi connectivity index (χ0v) is 23.8. The van der Waals surface area contributed by atoms with E-state index in [2.05, 4.69) is 15.5 Å². The summed E-state index contributed by atoms with van der Waals surface area (Å²) in [6, 6.07) is 21.0. The molecule has 41 heavy (non-hydrogen) atoms. The van der Waals surface area contributed by atoms with Crippen LogP contribution in [-0.4, -0.2) is 47.8 Å². The first-order valence-electron chi connectivity index (χ1n) is 14.7. The fraction of sp³-hybridized carbons (Fsp3) is 0.353. The predicted molar refractivity (Wildman–Crippen MR) is 164 cm³/mol. The summed E-state index contributed by atoms with van der Waals surface area (Å²) < 4.78 is 0. The highest BCUT2D eigenvalue weighted by Crippen LogP contribution is 2.30. The van der Waals surface area contributed by atoms with Crippen LogP contribution in [0.1, 0.15) is 76.1 Å². The fourth-order valence-electron chi connectivity index (χ4n) is 6.28. The van der Waals surface area contributed by atoms with Crippen LogP contribution in [-0.2, 0) is 12.8 Å². The third-order valence-electron chi connectivity index (χ3n) is 8.43. The van der Waals surface area contributed by atoms with Crippen LogP contribution in [0, 0.1) is 0 Å². The Kier molecular flexibility index (Phi) is 7.68. The van der Waals surface area contributed by atoms with Gasteiger partial charge >= 0.3 is 0 Å². The van der Waals surface area contributed by atoms with Crippen molar-refractivity contribution in [3.63, 3.8) is 0 Å². The zero-order chi connectivity index (χ0) is 28.3. The lowest BCUT2D eigenvalue weighted by Gasteiger charge is -2.30. The van der Waals surface area contributed by atoms with Crippen molar-refractivity contribution < 1.29 is 9.59 Å². The number of rotatable bonds is 7. The smallest absolute Gasteiger partial charge is 0.252 e. The second kappa shape index (κ2) is 11.7. The van der Waals surface area contributed by atoms with Crippen molar-refractivity contribution in [3.05, 3.63) is 94.7 Å². The Morgan fingerprint density at radius 3 is 2.22 bits per heavy atom. The molecule has 7 heteroatoms. The molecule has 4 aromatic rings. The average molecular weight is 548 g/mol. The van der Waals surface area contributed by atoms with Crippen molar-refractivity contribution in [1.82, 2.24) is 15.3 Å². The van der Waals surface area contributed by atoms with Gasteiger partial charge in [-0.15, -0.1) is 0 Å². The fourth-order valence-corrected chi connectivity index (χ4v) is 6.28. The van der Waals surface area contributed by atoms with Crippen LogP contribution in [0.4, 0.5) is 11.8 Å². The molecule has 7 nitrogen and oxygen atoms in total. The SMILES string of the molecule is CN(C)c1nc(N[C@H]2CC[C@@H](NC(=O)c3ccccc3C(=O)c3cccc4ccccc34)CC2)nc2c1CCCC2. The van der Waals surface area contributed by atoms with E-state index in [1.165, 1.54) is 24.1 Å². The van der Waals surface area contributed by atoms with Crippen LogP contribution in [0.25, 0.3) is 10.8 Å². The van der Waals surface area contributed by atoms with Gasteiger partial charge in [-0.05, 0) is 68.2 Å². The number of benzene rings is 3. The van der Waals surface area contributed by atoms with Gasteiger partial charge in [0.15, 0.2) is 5.78 Å². The van der Waals surface area contributed by atoms with Crippen molar-refractivity contribution in [1.29, 1.82) is 0 Å². The van der Waals surface area contributed by atoms with E-state index >= 15 is 0 Å². The highest BCUT2D eigenvalue weighted by Gasteiger charge is 2.26. The average Bonchev–Trinajstić information content (AvgIpc) is 3.01. The first-order valence-corrected chi connectivity index (χ1v) is 14.7. The minimum absolute atomic E-state index is 0.0584. The van der Waals surface area contributed by atoms with E-state index in [0.29, 0.717) is 22.6 Å². The van der Waals surface area contributed by atoms with Gasteiger partial charge in [-0.3, -0.25) is 9.59 Å². The maximum absolute atomic E-state index is 13.6. The number of anilines is 2. The molecule has 2 N–H and O–H groups in total. The lowest BCUT2D eigenvalue weighted by atomic mass is 9.90. The van der Waals surface area contributed by atoms with Gasteiger partial charge in [0.1, 0.15) is 5.82 Å². The number of hydrogen-bond donors (Lipinski definition) is 2. The Morgan fingerprint density at radius 2 is 1.41 bits per heavy atom. The Morgan fingerprint density at radius 1 is 0.756 bits per heavy atom. The molecule has 0 bridgehead atoms. The summed E-state index contributed by atoms with van der Waals surface area (Å²) in [6.07, 6.45) is 7.97. The summed E-state index contributed by atoms with van der Waals surface area (Å²) in [5, 5.41) is 8.69. The van der Waals surface area contributed by atoms with Gasteiger partial charge in [-0.25, -0.2) is 4.98 Å². The summed E-state index contributed by atoms with van der Waals surface area (Å²) in [5.41, 5.74) is 3.92. The van der Waals surface area contributed by atoms with Gasteiger partial charge in [0, 0.05) is 42.9 Å². The monoisotopic (exact) mass is 547 g/mol. The molecule has 1 fully saturated rings. The summed E-state index contributed by atoms with van der Waals surface area (Å²) in [7, 11) is 4.09. The number of amides is 1. The van der Waals surface area contributed by atoms with Crippen molar-refractivity contribution in [2.24, 2.45) is 0 Å². The molecule has 0 radical (unpaired) electrons. The Balaban J connectivity index is 1.11. The van der Waals surface area contributed by atoms with Crippen molar-refractivity contribution >= 4 is 34.2 Å². The van der Waals surface area contributed by atoms with E-state index in [0.717, 1.165) is 55.1 Å². The van der Waals surface area contributed by atoms with Gasteiger partial charge in [-0.2, -0.15) is 4.98 Å². The van der Waals surface area contributed by atoms with E-state index in [1.807, 2.05) is 68.7 Å². The van der Waals surface area contributed by atoms with Gasteiger partial charge < -0.3 is 15.5 Å². The standard InChI is InChI=1S/C34H37N5O2/c1-39(2)32-29-15-7-8-17-30(29)37-34(38-32)36-24-20-18-23(19-21-24)35-33(41)28-14-6-5-13-27(28)31(40)26-16-9-11-22-10-3-4-12-25(22)26/h3-6,9-14,16,23-24H,7-8,15,17-21H2,1-2H3,(H,35,41)(H,36,37,38)/t23-,24+. The summed E-state index contributed by atoms with van der Waals surface area (Å²) in [5.74, 6) is 1.40. The number of carbonyl (C=O) groups is 2. The van der Waals surface area contributed by atoms with Gasteiger partial charge in [-0.1, -0.05) is 60.7 Å². The topological polar surface area (TPSA) is 87.2 Å². The van der Waals surface area contributed by atoms with Crippen molar-refractivity contribution in [3.8, 4) is 0 Å². The maximum atomic E-state index is 13.6. The minimum Gasteiger partial charge on any atom is -0.362 e. The lowest BCUT2D eigenvalue weighted by molar-refractivity contribution is 0.0917. The summed E-state index contributed by atoms with van der Waals surface area (Å²) in [6.45, 7) is 0. The van der Waals surface area contributed by atoms with Gasteiger partial charge in [0.2, 0.25) is 5.95 Å². The molecule has 0 spiro atoms. The van der Waals surface area contributed by atoms with E-state index in [-0.39, 0.29) is 23.8 Å². The molecule has 6 rings (SSSR count). The summed E-state index contributed by atoms with van der Waals surface area (Å²) in [4.78, 5) is 38.9. The number of nitrogens with one attached hydrogen (secondary N) is 2. The number of aryl methyl sites for hydroxylation is 1. The highest BCUT2D eigenvalue weighted by atomic mass is 16.2. The van der Waals surface area contributed by atoms with Crippen LogP contribution < -0.4 is 15.5 Å². The number of ketones is 1. The molecule has 1 amide bonds. The molecule has 1 aromatic heterocycles. The molecule has 0 unspecified atom stereocenters. The number of carbonyl (C=O) groups excluding carboxylic acids is 2. The van der Waals surface area contributed by atoms with Gasteiger partial charge in [0.25, 0.3) is 5.91 Å². The minimum atomic E-state index is -0.195. The molecule has 210 valence electrons. The van der Waals surface area contributed by atoms with E-state index in [9.17, 15) is 9.59 Å². The normalized spacial score (nSPS) is 18.4. The zero-order valence-electron chi connectivity index (χ0n) is 23.8. The van der Waals surface area contributed by atoms with E-state index in [1.54, 1.807) is 12.1 Å². The molecule has 2 aliphatic carbocycles. The predicted octanol–water partition coefficient (Wildman–Crippen LogP) is 5.96. The van der Waals surface area contributed by atoms with Crippen LogP contribution >= 0.6 is 0 Å². The molecule has 2 aliphatic rings.